The fourth-order valence-electron chi connectivity index (χ4n) is 1.58. The standard InChI is InChI=1S/C13H19NO4/c1-8-4-10(14-6-11(16)7-15)5-12(9(8)2)13(17)18-3/h4-5,11,14-16H,6-7H2,1-3H3. The predicted octanol–water partition coefficient (Wildman–Crippen LogP) is 0.855. The molecule has 5 heteroatoms. The van der Waals surface area contributed by atoms with Crippen molar-refractivity contribution in [2.75, 3.05) is 25.6 Å². The first-order chi connectivity index (χ1) is 8.49. The van der Waals surface area contributed by atoms with Crippen LogP contribution in [0.15, 0.2) is 12.1 Å². The van der Waals surface area contributed by atoms with Crippen molar-refractivity contribution in [2.45, 2.75) is 20.0 Å². The van der Waals surface area contributed by atoms with Gasteiger partial charge in [0.05, 0.1) is 25.4 Å². The number of ether oxygens (including phenoxy) is 1. The van der Waals surface area contributed by atoms with Gasteiger partial charge in [0.15, 0.2) is 0 Å². The van der Waals surface area contributed by atoms with Gasteiger partial charge in [-0.2, -0.15) is 0 Å². The topological polar surface area (TPSA) is 78.8 Å². The molecule has 0 radical (unpaired) electrons. The van der Waals surface area contributed by atoms with E-state index in [0.29, 0.717) is 11.3 Å². The molecule has 5 nitrogen and oxygen atoms in total. The number of aryl methyl sites for hydroxylation is 1. The van der Waals surface area contributed by atoms with E-state index in [-0.39, 0.29) is 19.1 Å². The Morgan fingerprint density at radius 2 is 2.11 bits per heavy atom. The highest BCUT2D eigenvalue weighted by molar-refractivity contribution is 5.92. The second kappa shape index (κ2) is 6.37. The average molecular weight is 253 g/mol. The molecule has 3 N–H and O–H groups in total. The van der Waals surface area contributed by atoms with Crippen molar-refractivity contribution >= 4 is 11.7 Å². The average Bonchev–Trinajstić information content (AvgIpc) is 2.38. The number of hydrogen-bond donors (Lipinski definition) is 3. The van der Waals surface area contributed by atoms with Crippen LogP contribution in [0.4, 0.5) is 5.69 Å². The summed E-state index contributed by atoms with van der Waals surface area (Å²) in [7, 11) is 1.34. The van der Waals surface area contributed by atoms with Gasteiger partial charge in [-0.05, 0) is 37.1 Å². The zero-order chi connectivity index (χ0) is 13.7. The smallest absolute Gasteiger partial charge is 0.338 e. The molecule has 0 aliphatic carbocycles. The third-order valence-electron chi connectivity index (χ3n) is 2.83. The Hall–Kier alpha value is -1.59. The lowest BCUT2D eigenvalue weighted by molar-refractivity contribution is 0.0600. The second-order valence-electron chi connectivity index (χ2n) is 4.17. The number of aliphatic hydroxyl groups is 2. The third-order valence-corrected chi connectivity index (χ3v) is 2.83. The van der Waals surface area contributed by atoms with Gasteiger partial charge in [-0.25, -0.2) is 4.79 Å². The number of rotatable bonds is 5. The molecular weight excluding hydrogens is 234 g/mol. The number of anilines is 1. The number of nitrogens with one attached hydrogen (secondary N) is 1. The van der Waals surface area contributed by atoms with Crippen molar-refractivity contribution in [3.8, 4) is 0 Å². The molecule has 0 bridgehead atoms. The predicted molar refractivity (Wildman–Crippen MR) is 68.8 cm³/mol. The number of methoxy groups -OCH3 is 1. The number of hydrogen-bond acceptors (Lipinski definition) is 5. The first-order valence-corrected chi connectivity index (χ1v) is 5.72. The van der Waals surface area contributed by atoms with Gasteiger partial charge in [-0.1, -0.05) is 0 Å². The van der Waals surface area contributed by atoms with Gasteiger partial charge in [0, 0.05) is 12.2 Å². The van der Waals surface area contributed by atoms with E-state index in [4.69, 9.17) is 9.84 Å². The minimum atomic E-state index is -0.826. The summed E-state index contributed by atoms with van der Waals surface area (Å²) in [5.41, 5.74) is 3.04. The van der Waals surface area contributed by atoms with Crippen LogP contribution in [0.5, 0.6) is 0 Å². The molecule has 0 amide bonds. The lowest BCUT2D eigenvalue weighted by Gasteiger charge is -2.14. The van der Waals surface area contributed by atoms with Gasteiger partial charge >= 0.3 is 5.97 Å². The van der Waals surface area contributed by atoms with Crippen molar-refractivity contribution in [1.29, 1.82) is 0 Å². The molecule has 0 saturated carbocycles. The largest absolute Gasteiger partial charge is 0.465 e. The monoisotopic (exact) mass is 253 g/mol. The van der Waals surface area contributed by atoms with E-state index in [1.54, 1.807) is 6.07 Å². The first-order valence-electron chi connectivity index (χ1n) is 5.72. The van der Waals surface area contributed by atoms with Crippen molar-refractivity contribution in [3.05, 3.63) is 28.8 Å². The highest BCUT2D eigenvalue weighted by Crippen LogP contribution is 2.20. The van der Waals surface area contributed by atoms with Gasteiger partial charge in [-0.3, -0.25) is 0 Å². The van der Waals surface area contributed by atoms with Crippen LogP contribution in [0.3, 0.4) is 0 Å². The summed E-state index contributed by atoms with van der Waals surface area (Å²) >= 11 is 0. The molecule has 0 aromatic heterocycles. The highest BCUT2D eigenvalue weighted by atomic mass is 16.5. The molecule has 1 aromatic carbocycles. The van der Waals surface area contributed by atoms with Crippen LogP contribution in [-0.4, -0.2) is 42.5 Å². The summed E-state index contributed by atoms with van der Waals surface area (Å²) in [6.45, 7) is 3.67. The number of benzene rings is 1. The van der Waals surface area contributed by atoms with Gasteiger partial charge < -0.3 is 20.3 Å². The normalized spacial score (nSPS) is 12.1. The summed E-state index contributed by atoms with van der Waals surface area (Å²) in [4.78, 5) is 11.6. The Kier molecular flexibility index (Phi) is 5.12. The van der Waals surface area contributed by atoms with Crippen LogP contribution in [0, 0.1) is 13.8 Å². The number of carbonyl (C=O) groups is 1. The van der Waals surface area contributed by atoms with E-state index in [1.807, 2.05) is 19.9 Å². The summed E-state index contributed by atoms with van der Waals surface area (Å²) in [5, 5.41) is 21.0. The molecular formula is C13H19NO4. The maximum absolute atomic E-state index is 11.6. The van der Waals surface area contributed by atoms with Crippen LogP contribution >= 0.6 is 0 Å². The van der Waals surface area contributed by atoms with E-state index in [0.717, 1.165) is 11.1 Å². The quantitative estimate of drug-likeness (QED) is 0.678. The third kappa shape index (κ3) is 3.45. The molecule has 1 atom stereocenters. The van der Waals surface area contributed by atoms with Crippen LogP contribution in [0.1, 0.15) is 21.5 Å². The summed E-state index contributed by atoms with van der Waals surface area (Å²) in [6.07, 6.45) is -0.826. The molecule has 0 aliphatic rings. The van der Waals surface area contributed by atoms with E-state index < -0.39 is 6.10 Å². The molecule has 1 unspecified atom stereocenters. The second-order valence-corrected chi connectivity index (χ2v) is 4.17. The highest BCUT2D eigenvalue weighted by Gasteiger charge is 2.12. The minimum Gasteiger partial charge on any atom is -0.465 e. The number of aliphatic hydroxyl groups excluding tert-OH is 2. The van der Waals surface area contributed by atoms with Crippen molar-refractivity contribution < 1.29 is 19.7 Å². The zero-order valence-electron chi connectivity index (χ0n) is 10.9. The SMILES string of the molecule is COC(=O)c1cc(NCC(O)CO)cc(C)c1C. The minimum absolute atomic E-state index is 0.222. The Morgan fingerprint density at radius 3 is 2.67 bits per heavy atom. The Labute approximate surface area is 106 Å². The molecule has 1 rings (SSSR count). The van der Waals surface area contributed by atoms with E-state index in [2.05, 4.69) is 5.32 Å². The Balaban J connectivity index is 2.94. The lowest BCUT2D eigenvalue weighted by Crippen LogP contribution is -2.23. The first kappa shape index (κ1) is 14.5. The van der Waals surface area contributed by atoms with Crippen LogP contribution < -0.4 is 5.32 Å². The lowest BCUT2D eigenvalue weighted by atomic mass is 10.0. The van der Waals surface area contributed by atoms with Crippen molar-refractivity contribution in [2.24, 2.45) is 0 Å². The van der Waals surface area contributed by atoms with E-state index in [1.165, 1.54) is 7.11 Å². The zero-order valence-corrected chi connectivity index (χ0v) is 10.9. The van der Waals surface area contributed by atoms with Crippen LogP contribution in [-0.2, 0) is 4.74 Å². The van der Waals surface area contributed by atoms with Crippen LogP contribution in [0.2, 0.25) is 0 Å². The Morgan fingerprint density at radius 1 is 1.44 bits per heavy atom. The molecule has 0 aliphatic heterocycles. The van der Waals surface area contributed by atoms with Gasteiger partial charge in [-0.15, -0.1) is 0 Å². The maximum atomic E-state index is 11.6. The molecule has 0 fully saturated rings. The fraction of sp³-hybridized carbons (Fsp3) is 0.462. The van der Waals surface area contributed by atoms with E-state index >= 15 is 0 Å². The summed E-state index contributed by atoms with van der Waals surface area (Å²) < 4.78 is 4.72. The molecule has 0 spiro atoms. The summed E-state index contributed by atoms with van der Waals surface area (Å²) in [6, 6.07) is 3.56. The Bertz CT molecular complexity index is 431. The molecule has 18 heavy (non-hydrogen) atoms. The maximum Gasteiger partial charge on any atom is 0.338 e. The van der Waals surface area contributed by atoms with Crippen LogP contribution in [0.25, 0.3) is 0 Å². The fourth-order valence-corrected chi connectivity index (χ4v) is 1.58. The van der Waals surface area contributed by atoms with Crippen molar-refractivity contribution in [1.82, 2.24) is 0 Å². The van der Waals surface area contributed by atoms with Gasteiger partial charge in [0.1, 0.15) is 0 Å². The van der Waals surface area contributed by atoms with Crippen molar-refractivity contribution in [3.63, 3.8) is 0 Å². The molecule has 0 saturated heterocycles. The number of carbonyl (C=O) groups excluding carboxylic acids is 1. The molecule has 100 valence electrons. The van der Waals surface area contributed by atoms with E-state index in [9.17, 15) is 9.90 Å². The number of esters is 1. The van der Waals surface area contributed by atoms with Gasteiger partial charge in [0.2, 0.25) is 0 Å². The van der Waals surface area contributed by atoms with Gasteiger partial charge in [0.25, 0.3) is 0 Å². The summed E-state index contributed by atoms with van der Waals surface area (Å²) in [5.74, 6) is -0.387. The molecule has 0 heterocycles. The molecule has 1 aromatic rings.